The number of amides is 1. The SMILES string of the molecule is CC(C)N(C(=O)OC1=C2CC(=O)C=C2COC(C)(C)C1O[Si](C)(C)C(C)(C)C)C(C)C. The van der Waals surface area contributed by atoms with Crippen molar-refractivity contribution in [1.82, 2.24) is 4.90 Å². The third kappa shape index (κ3) is 5.49. The van der Waals surface area contributed by atoms with Crippen LogP contribution in [0.2, 0.25) is 18.1 Å². The van der Waals surface area contributed by atoms with Crippen molar-refractivity contribution in [2.45, 2.75) is 111 Å². The monoisotopic (exact) mass is 451 g/mol. The number of allylic oxidation sites excluding steroid dienone is 1. The van der Waals surface area contributed by atoms with Crippen molar-refractivity contribution < 1.29 is 23.5 Å². The first-order valence-electron chi connectivity index (χ1n) is 11.3. The van der Waals surface area contributed by atoms with Gasteiger partial charge >= 0.3 is 6.09 Å². The van der Waals surface area contributed by atoms with Crippen LogP contribution in [0.4, 0.5) is 4.79 Å². The molecule has 0 radical (unpaired) electrons. The van der Waals surface area contributed by atoms with Crippen LogP contribution in [-0.2, 0) is 18.7 Å². The molecule has 0 N–H and O–H groups in total. The number of fused-ring (bicyclic) bond motifs is 1. The summed E-state index contributed by atoms with van der Waals surface area (Å²) in [4.78, 5) is 27.2. The van der Waals surface area contributed by atoms with E-state index in [9.17, 15) is 9.59 Å². The highest BCUT2D eigenvalue weighted by atomic mass is 28.4. The molecule has 0 bridgehead atoms. The van der Waals surface area contributed by atoms with Crippen molar-refractivity contribution >= 4 is 20.2 Å². The number of rotatable bonds is 5. The molecule has 31 heavy (non-hydrogen) atoms. The zero-order valence-corrected chi connectivity index (χ0v) is 22.2. The Morgan fingerprint density at radius 2 is 1.74 bits per heavy atom. The van der Waals surface area contributed by atoms with Crippen LogP contribution in [0, 0.1) is 0 Å². The molecule has 176 valence electrons. The Labute approximate surface area is 189 Å². The van der Waals surface area contributed by atoms with Gasteiger partial charge in [0.2, 0.25) is 0 Å². The van der Waals surface area contributed by atoms with Gasteiger partial charge in [-0.1, -0.05) is 20.8 Å². The van der Waals surface area contributed by atoms with Gasteiger partial charge in [-0.25, -0.2) is 4.79 Å². The molecule has 1 unspecified atom stereocenters. The van der Waals surface area contributed by atoms with E-state index in [1.165, 1.54) is 0 Å². The summed E-state index contributed by atoms with van der Waals surface area (Å²) >= 11 is 0. The van der Waals surface area contributed by atoms with Gasteiger partial charge in [0.05, 0.1) is 12.2 Å². The molecule has 0 fully saturated rings. The largest absolute Gasteiger partial charge is 0.415 e. The van der Waals surface area contributed by atoms with Crippen molar-refractivity contribution in [2.24, 2.45) is 0 Å². The first-order chi connectivity index (χ1) is 14.0. The molecule has 0 aromatic rings. The van der Waals surface area contributed by atoms with Crippen molar-refractivity contribution in [3.8, 4) is 0 Å². The molecule has 2 rings (SSSR count). The molecule has 1 amide bonds. The number of hydrogen-bond donors (Lipinski definition) is 0. The summed E-state index contributed by atoms with van der Waals surface area (Å²) in [5.41, 5.74) is 0.787. The Hall–Kier alpha value is -1.44. The molecule has 1 aliphatic carbocycles. The summed E-state index contributed by atoms with van der Waals surface area (Å²) in [6.07, 6.45) is 0.799. The summed E-state index contributed by atoms with van der Waals surface area (Å²) in [5, 5.41) is -0.0404. The molecule has 0 spiro atoms. The van der Waals surface area contributed by atoms with Gasteiger partial charge in [0.1, 0.15) is 11.9 Å². The van der Waals surface area contributed by atoms with Crippen LogP contribution >= 0.6 is 0 Å². The topological polar surface area (TPSA) is 65.1 Å². The van der Waals surface area contributed by atoms with Crippen LogP contribution < -0.4 is 0 Å². The van der Waals surface area contributed by atoms with Crippen molar-refractivity contribution in [3.63, 3.8) is 0 Å². The van der Waals surface area contributed by atoms with E-state index in [1.807, 2.05) is 41.5 Å². The molecular formula is C24H41NO5Si. The fraction of sp³-hybridized carbons (Fsp3) is 0.750. The van der Waals surface area contributed by atoms with Gasteiger partial charge < -0.3 is 18.8 Å². The Balaban J connectivity index is 2.59. The third-order valence-electron chi connectivity index (χ3n) is 6.58. The van der Waals surface area contributed by atoms with E-state index in [0.717, 1.165) is 11.1 Å². The van der Waals surface area contributed by atoms with E-state index < -0.39 is 26.1 Å². The number of hydrogen-bond acceptors (Lipinski definition) is 5. The lowest BCUT2D eigenvalue weighted by Crippen LogP contribution is -2.52. The molecular weight excluding hydrogens is 410 g/mol. The van der Waals surface area contributed by atoms with Crippen LogP contribution in [0.15, 0.2) is 23.0 Å². The number of carbonyl (C=O) groups excluding carboxylic acids is 2. The van der Waals surface area contributed by atoms with Crippen LogP contribution in [-0.4, -0.2) is 55.5 Å². The van der Waals surface area contributed by atoms with Gasteiger partial charge in [0.15, 0.2) is 14.1 Å². The first-order valence-corrected chi connectivity index (χ1v) is 14.2. The van der Waals surface area contributed by atoms with E-state index in [-0.39, 0.29) is 29.3 Å². The average molecular weight is 452 g/mol. The molecule has 0 aromatic heterocycles. The van der Waals surface area contributed by atoms with Gasteiger partial charge in [0.25, 0.3) is 0 Å². The second kappa shape index (κ2) is 8.83. The Morgan fingerprint density at radius 1 is 1.19 bits per heavy atom. The first kappa shape index (κ1) is 25.8. The highest BCUT2D eigenvalue weighted by molar-refractivity contribution is 6.74. The standard InChI is InChI=1S/C24H41NO5Si/c1-15(2)25(16(3)4)22(27)29-20-19-13-18(26)12-17(19)14-28-24(8,9)21(20)30-31(10,11)23(5,6)7/h12,15-16,21H,13-14H2,1-11H3. The maximum absolute atomic E-state index is 13.3. The highest BCUT2D eigenvalue weighted by Gasteiger charge is 2.49. The second-order valence-electron chi connectivity index (χ2n) is 11.3. The molecule has 0 aromatic carbocycles. The lowest BCUT2D eigenvalue weighted by atomic mass is 9.96. The Morgan fingerprint density at radius 3 is 2.23 bits per heavy atom. The smallest absolute Gasteiger partial charge is 0.412 e. The zero-order valence-electron chi connectivity index (χ0n) is 21.2. The number of nitrogens with zero attached hydrogens (tertiary/aromatic N) is 1. The third-order valence-corrected chi connectivity index (χ3v) is 11.0. The number of ketones is 1. The maximum Gasteiger partial charge on any atom is 0.415 e. The van der Waals surface area contributed by atoms with E-state index in [0.29, 0.717) is 12.4 Å². The molecule has 1 heterocycles. The normalized spacial score (nSPS) is 21.9. The fourth-order valence-electron chi connectivity index (χ4n) is 3.75. The summed E-state index contributed by atoms with van der Waals surface area (Å²) in [7, 11) is -2.25. The second-order valence-corrected chi connectivity index (χ2v) is 16.0. The lowest BCUT2D eigenvalue weighted by molar-refractivity contribution is -0.113. The van der Waals surface area contributed by atoms with Crippen molar-refractivity contribution in [1.29, 1.82) is 0 Å². The Bertz CT molecular complexity index is 778. The highest BCUT2D eigenvalue weighted by Crippen LogP contribution is 2.44. The van der Waals surface area contributed by atoms with Crippen LogP contribution in [0.5, 0.6) is 0 Å². The van der Waals surface area contributed by atoms with Gasteiger partial charge in [0, 0.05) is 24.1 Å². The van der Waals surface area contributed by atoms with Crippen LogP contribution in [0.3, 0.4) is 0 Å². The van der Waals surface area contributed by atoms with Gasteiger partial charge in [-0.2, -0.15) is 0 Å². The summed E-state index contributed by atoms with van der Waals surface area (Å²) < 4.78 is 19.2. The molecule has 1 aliphatic heterocycles. The molecule has 0 saturated carbocycles. The van der Waals surface area contributed by atoms with Crippen molar-refractivity contribution in [3.05, 3.63) is 23.0 Å². The molecule has 7 heteroatoms. The zero-order chi connectivity index (χ0) is 23.9. The van der Waals surface area contributed by atoms with E-state index in [1.54, 1.807) is 11.0 Å². The molecule has 2 aliphatic rings. The minimum absolute atomic E-state index is 0.00231. The summed E-state index contributed by atoms with van der Waals surface area (Å²) in [6.45, 7) is 22.9. The Kier molecular flexibility index (Phi) is 7.35. The average Bonchev–Trinajstić information content (AvgIpc) is 2.91. The molecule has 1 atom stereocenters. The van der Waals surface area contributed by atoms with Gasteiger partial charge in [-0.15, -0.1) is 0 Å². The van der Waals surface area contributed by atoms with E-state index in [2.05, 4.69) is 33.9 Å². The summed E-state index contributed by atoms with van der Waals surface area (Å²) in [5.74, 6) is 0.429. The molecule has 6 nitrogen and oxygen atoms in total. The predicted molar refractivity (Wildman–Crippen MR) is 125 cm³/mol. The van der Waals surface area contributed by atoms with Crippen LogP contribution in [0.1, 0.15) is 68.7 Å². The maximum atomic E-state index is 13.3. The van der Waals surface area contributed by atoms with E-state index in [4.69, 9.17) is 13.9 Å². The van der Waals surface area contributed by atoms with Gasteiger partial charge in [-0.3, -0.25) is 4.79 Å². The van der Waals surface area contributed by atoms with E-state index >= 15 is 0 Å². The quantitative estimate of drug-likeness (QED) is 0.510. The van der Waals surface area contributed by atoms with Crippen LogP contribution in [0.25, 0.3) is 0 Å². The predicted octanol–water partition coefficient (Wildman–Crippen LogP) is 5.59. The molecule has 0 saturated heterocycles. The minimum Gasteiger partial charge on any atom is -0.412 e. The lowest BCUT2D eigenvalue weighted by Gasteiger charge is -2.44. The number of carbonyl (C=O) groups is 2. The van der Waals surface area contributed by atoms with Crippen molar-refractivity contribution in [2.75, 3.05) is 6.61 Å². The number of ether oxygens (including phenoxy) is 2. The summed E-state index contributed by atoms with van der Waals surface area (Å²) in [6, 6.07) is -0.0405. The minimum atomic E-state index is -2.25. The van der Waals surface area contributed by atoms with Gasteiger partial charge in [-0.05, 0) is 71.3 Å². The fourth-order valence-corrected chi connectivity index (χ4v) is 5.09.